The fourth-order valence-corrected chi connectivity index (χ4v) is 8.54. The lowest BCUT2D eigenvalue weighted by Crippen LogP contribution is -2.48. The van der Waals surface area contributed by atoms with E-state index in [1.165, 1.54) is 5.56 Å². The molecular weight excluding hydrogens is 902 g/mol. The number of pyridine rings is 2. The van der Waals surface area contributed by atoms with Crippen molar-refractivity contribution in [3.8, 4) is 40.0 Å². The zero-order valence-corrected chi connectivity index (χ0v) is 37.4. The molecule has 0 bridgehead atoms. The highest BCUT2D eigenvalue weighted by molar-refractivity contribution is 9.10. The average Bonchev–Trinajstić information content (AvgIpc) is 3.92. The molecule has 2 aliphatic heterocycles. The SMILES string of the molecule is COc1ccccc1C1CCN(CCOc2ccc(-c3nc4ncc(Br)cc4[nH]3)cc2)CC1.OCCN1CCN(CCOc2ccc(-c3nc4ncc(Br)cc4[nH]3)cc2)CC1. The Morgan fingerprint density at radius 1 is 0.639 bits per heavy atom. The lowest BCUT2D eigenvalue weighted by atomic mass is 9.89. The number of halogens is 2. The molecule has 2 aliphatic rings. The second-order valence-corrected chi connectivity index (χ2v) is 17.1. The number of piperazine rings is 1. The Bertz CT molecular complexity index is 2460. The number of para-hydroxylation sites is 1. The van der Waals surface area contributed by atoms with Crippen LogP contribution in [0.4, 0.5) is 0 Å². The van der Waals surface area contributed by atoms with Crippen molar-refractivity contribution >= 4 is 54.2 Å². The van der Waals surface area contributed by atoms with E-state index in [9.17, 15) is 0 Å². The second-order valence-electron chi connectivity index (χ2n) is 15.2. The van der Waals surface area contributed by atoms with Crippen LogP contribution < -0.4 is 14.2 Å². The van der Waals surface area contributed by atoms with Crippen molar-refractivity contribution in [2.75, 3.05) is 85.8 Å². The molecule has 61 heavy (non-hydrogen) atoms. The lowest BCUT2D eigenvalue weighted by molar-refractivity contribution is 0.102. The second kappa shape index (κ2) is 20.8. The Labute approximate surface area is 372 Å². The quantitative estimate of drug-likeness (QED) is 0.0977. The van der Waals surface area contributed by atoms with Crippen molar-refractivity contribution in [2.45, 2.75) is 18.8 Å². The van der Waals surface area contributed by atoms with E-state index in [0.29, 0.717) is 30.4 Å². The van der Waals surface area contributed by atoms with E-state index in [0.717, 1.165) is 132 Å². The number of hydrogen-bond acceptors (Lipinski definition) is 11. The lowest BCUT2D eigenvalue weighted by Gasteiger charge is -2.34. The Morgan fingerprint density at radius 2 is 1.11 bits per heavy atom. The first-order valence-corrected chi connectivity index (χ1v) is 22.4. The highest BCUT2D eigenvalue weighted by atomic mass is 79.9. The number of methoxy groups -OCH3 is 1. The molecule has 13 nitrogen and oxygen atoms in total. The summed E-state index contributed by atoms with van der Waals surface area (Å²) in [7, 11) is 1.75. The van der Waals surface area contributed by atoms with Gasteiger partial charge in [0.2, 0.25) is 0 Å². The zero-order chi connectivity index (χ0) is 42.0. The number of nitrogens with zero attached hydrogens (tertiary/aromatic N) is 7. The first-order chi connectivity index (χ1) is 29.9. The van der Waals surface area contributed by atoms with Crippen LogP contribution in [-0.4, -0.2) is 136 Å². The van der Waals surface area contributed by atoms with Gasteiger partial charge in [0.15, 0.2) is 11.3 Å². The number of likely N-dealkylation sites (tertiary alicyclic amines) is 1. The van der Waals surface area contributed by atoms with Crippen molar-refractivity contribution in [2.24, 2.45) is 0 Å². The Kier molecular flexibility index (Phi) is 14.6. The number of aliphatic hydroxyl groups is 1. The third kappa shape index (κ3) is 11.3. The molecule has 2 fully saturated rings. The van der Waals surface area contributed by atoms with E-state index >= 15 is 0 Å². The molecule has 3 N–H and O–H groups in total. The number of aromatic nitrogens is 6. The van der Waals surface area contributed by atoms with Crippen molar-refractivity contribution in [1.29, 1.82) is 0 Å². The zero-order valence-electron chi connectivity index (χ0n) is 34.3. The summed E-state index contributed by atoms with van der Waals surface area (Å²) < 4.78 is 19.3. The van der Waals surface area contributed by atoms with Gasteiger partial charge in [-0.25, -0.2) is 19.9 Å². The predicted octanol–water partition coefficient (Wildman–Crippen LogP) is 8.03. The number of ether oxygens (including phenoxy) is 3. The number of hydrogen-bond donors (Lipinski definition) is 3. The molecule has 7 aromatic rings. The Hall–Kier alpha value is -4.90. The number of β-amino-alcohol motifs (C(OH)–C–C–N with tert-alkyl or cyclic N) is 1. The first kappa shape index (κ1) is 42.8. The van der Waals surface area contributed by atoms with Gasteiger partial charge in [0.1, 0.15) is 42.1 Å². The highest BCUT2D eigenvalue weighted by Crippen LogP contribution is 2.34. The van der Waals surface area contributed by atoms with E-state index in [1.807, 2.05) is 66.7 Å². The summed E-state index contributed by atoms with van der Waals surface area (Å²) in [6.45, 7) is 10.5. The van der Waals surface area contributed by atoms with Crippen molar-refractivity contribution < 1.29 is 19.3 Å². The van der Waals surface area contributed by atoms with E-state index in [2.05, 4.69) is 94.7 Å². The minimum absolute atomic E-state index is 0.237. The highest BCUT2D eigenvalue weighted by Gasteiger charge is 2.23. The van der Waals surface area contributed by atoms with Crippen LogP contribution in [0.5, 0.6) is 17.2 Å². The number of rotatable bonds is 14. The maximum absolute atomic E-state index is 9.01. The van der Waals surface area contributed by atoms with Gasteiger partial charge >= 0.3 is 0 Å². The third-order valence-corrected chi connectivity index (χ3v) is 12.1. The summed E-state index contributed by atoms with van der Waals surface area (Å²) in [6, 6.07) is 28.4. The van der Waals surface area contributed by atoms with Gasteiger partial charge in [0, 0.05) is 78.3 Å². The van der Waals surface area contributed by atoms with Gasteiger partial charge < -0.3 is 29.3 Å². The van der Waals surface area contributed by atoms with Gasteiger partial charge in [-0.3, -0.25) is 14.7 Å². The summed E-state index contributed by atoms with van der Waals surface area (Å²) in [4.78, 5) is 31.6. The summed E-state index contributed by atoms with van der Waals surface area (Å²) in [5.41, 5.74) is 6.58. The van der Waals surface area contributed by atoms with Gasteiger partial charge in [-0.1, -0.05) is 18.2 Å². The standard InChI is InChI=1S/C26H27BrN4O2.C20H24BrN5O2/c1-32-24-5-3-2-4-22(24)18-10-12-31(13-11-18)14-15-33-21-8-6-19(7-9-21)25-29-23-16-20(27)17-28-26(23)30-25;21-16-13-18-20(22-14-16)24-19(23-18)15-1-3-17(4-2-15)28-12-10-26-7-5-25(6-8-26)9-11-27/h2-9,16-18H,10-15H2,1H3,(H,28,29,30);1-4,13-14,27H,5-12H2,(H,22,23,24). The maximum Gasteiger partial charge on any atom is 0.178 e. The average molecular weight is 954 g/mol. The molecule has 6 heterocycles. The molecule has 0 radical (unpaired) electrons. The smallest absolute Gasteiger partial charge is 0.178 e. The van der Waals surface area contributed by atoms with Gasteiger partial charge in [-0.15, -0.1) is 0 Å². The maximum atomic E-state index is 9.01. The molecule has 318 valence electrons. The van der Waals surface area contributed by atoms with Crippen LogP contribution in [0.3, 0.4) is 0 Å². The summed E-state index contributed by atoms with van der Waals surface area (Å²) in [6.07, 6.45) is 5.80. The number of imidazole rings is 2. The third-order valence-electron chi connectivity index (χ3n) is 11.3. The normalized spacial score (nSPS) is 15.5. The fourth-order valence-electron chi connectivity index (χ4n) is 7.87. The van der Waals surface area contributed by atoms with Crippen LogP contribution in [0.15, 0.2) is 106 Å². The molecule has 0 aliphatic carbocycles. The topological polar surface area (TPSA) is 141 Å². The molecule has 0 atom stereocenters. The van der Waals surface area contributed by atoms with E-state index < -0.39 is 0 Å². The van der Waals surface area contributed by atoms with Crippen molar-refractivity contribution in [3.05, 3.63) is 112 Å². The van der Waals surface area contributed by atoms with Crippen LogP contribution in [0.2, 0.25) is 0 Å². The van der Waals surface area contributed by atoms with Gasteiger partial charge in [-0.2, -0.15) is 0 Å². The molecule has 0 unspecified atom stereocenters. The Morgan fingerprint density at radius 3 is 1.61 bits per heavy atom. The van der Waals surface area contributed by atoms with Crippen LogP contribution >= 0.6 is 31.9 Å². The number of piperidine rings is 1. The van der Waals surface area contributed by atoms with Gasteiger partial charge in [-0.05, 0) is 136 Å². The number of benzene rings is 3. The van der Waals surface area contributed by atoms with E-state index in [1.54, 1.807) is 19.5 Å². The van der Waals surface area contributed by atoms with E-state index in [-0.39, 0.29) is 6.61 Å². The van der Waals surface area contributed by atoms with Gasteiger partial charge in [0.25, 0.3) is 0 Å². The molecule has 2 saturated heterocycles. The van der Waals surface area contributed by atoms with Crippen LogP contribution in [0, 0.1) is 0 Å². The minimum Gasteiger partial charge on any atom is -0.496 e. The molecule has 0 spiro atoms. The summed E-state index contributed by atoms with van der Waals surface area (Å²) in [5.74, 6) is 4.92. The summed E-state index contributed by atoms with van der Waals surface area (Å²) in [5, 5.41) is 9.01. The molecule has 4 aromatic heterocycles. The van der Waals surface area contributed by atoms with Crippen LogP contribution in [0.1, 0.15) is 24.3 Å². The molecule has 9 rings (SSSR count). The minimum atomic E-state index is 0.237. The fraction of sp³-hybridized carbons (Fsp3) is 0.348. The monoisotopic (exact) mass is 951 g/mol. The molecular formula is C46H51Br2N9O4. The van der Waals surface area contributed by atoms with Crippen LogP contribution in [-0.2, 0) is 0 Å². The number of aromatic amines is 2. The molecule has 0 saturated carbocycles. The van der Waals surface area contributed by atoms with Crippen molar-refractivity contribution in [1.82, 2.24) is 44.6 Å². The largest absolute Gasteiger partial charge is 0.496 e. The molecule has 3 aromatic carbocycles. The predicted molar refractivity (Wildman–Crippen MR) is 246 cm³/mol. The van der Waals surface area contributed by atoms with Crippen LogP contribution in [0.25, 0.3) is 45.1 Å². The van der Waals surface area contributed by atoms with E-state index in [4.69, 9.17) is 19.3 Å². The number of nitrogens with one attached hydrogen (secondary N) is 2. The first-order valence-electron chi connectivity index (χ1n) is 20.8. The van der Waals surface area contributed by atoms with Gasteiger partial charge in [0.05, 0.1) is 24.8 Å². The number of aliphatic hydroxyl groups excluding tert-OH is 1. The summed E-state index contributed by atoms with van der Waals surface area (Å²) >= 11 is 6.87. The van der Waals surface area contributed by atoms with Crippen molar-refractivity contribution in [3.63, 3.8) is 0 Å². The molecule has 0 amide bonds. The number of H-pyrrole nitrogens is 2. The Balaban J connectivity index is 0.000000171. The number of fused-ring (bicyclic) bond motifs is 2. The molecule has 15 heteroatoms.